The number of benzene rings is 1. The lowest BCUT2D eigenvalue weighted by molar-refractivity contribution is -0.125. The first-order valence-electron chi connectivity index (χ1n) is 6.25. The van der Waals surface area contributed by atoms with Crippen molar-refractivity contribution >= 4 is 32.9 Å². The van der Waals surface area contributed by atoms with Crippen LogP contribution in [0.15, 0.2) is 33.6 Å². The zero-order valence-electron chi connectivity index (χ0n) is 11.5. The maximum absolute atomic E-state index is 12.2. The highest BCUT2D eigenvalue weighted by molar-refractivity contribution is 8.16. The third-order valence-electron chi connectivity index (χ3n) is 2.96. The van der Waals surface area contributed by atoms with Gasteiger partial charge in [-0.25, -0.2) is 0 Å². The molecular weight excluding hydrogens is 296 g/mol. The van der Waals surface area contributed by atoms with Gasteiger partial charge in [-0.2, -0.15) is 8.42 Å². The molecule has 7 heteroatoms. The van der Waals surface area contributed by atoms with Crippen LogP contribution in [-0.4, -0.2) is 36.2 Å². The third kappa shape index (κ3) is 2.88. The van der Waals surface area contributed by atoms with Crippen LogP contribution in [0.2, 0.25) is 0 Å². The Morgan fingerprint density at radius 1 is 1.30 bits per heavy atom. The van der Waals surface area contributed by atoms with Gasteiger partial charge in [0.05, 0.1) is 10.1 Å². The van der Waals surface area contributed by atoms with Crippen molar-refractivity contribution in [1.82, 2.24) is 4.90 Å². The van der Waals surface area contributed by atoms with Crippen LogP contribution in [0, 0.1) is 6.92 Å². The van der Waals surface area contributed by atoms with E-state index in [-0.39, 0.29) is 21.2 Å². The molecular formula is C13H16N2O3S2. The van der Waals surface area contributed by atoms with E-state index in [1.807, 2.05) is 6.92 Å². The van der Waals surface area contributed by atoms with Gasteiger partial charge in [-0.05, 0) is 32.9 Å². The quantitative estimate of drug-likeness (QED) is 0.856. The fourth-order valence-corrected chi connectivity index (χ4v) is 4.06. The van der Waals surface area contributed by atoms with E-state index in [1.165, 1.54) is 28.8 Å². The summed E-state index contributed by atoms with van der Waals surface area (Å²) in [4.78, 5) is 13.4. The number of rotatable bonds is 3. The van der Waals surface area contributed by atoms with Gasteiger partial charge < -0.3 is 0 Å². The molecule has 0 aromatic heterocycles. The van der Waals surface area contributed by atoms with E-state index in [0.717, 1.165) is 5.56 Å². The molecule has 1 aromatic rings. The molecule has 0 spiro atoms. The first-order chi connectivity index (χ1) is 9.35. The van der Waals surface area contributed by atoms with Gasteiger partial charge >= 0.3 is 0 Å². The van der Waals surface area contributed by atoms with Crippen LogP contribution in [0.4, 0.5) is 0 Å². The van der Waals surface area contributed by atoms with Crippen LogP contribution in [-0.2, 0) is 14.8 Å². The van der Waals surface area contributed by atoms with Gasteiger partial charge in [-0.3, -0.25) is 9.69 Å². The van der Waals surface area contributed by atoms with Crippen molar-refractivity contribution in [1.29, 1.82) is 0 Å². The fraction of sp³-hybridized carbons (Fsp3) is 0.385. The average Bonchev–Trinajstić information content (AvgIpc) is 2.64. The first-order valence-corrected chi connectivity index (χ1v) is 8.57. The Morgan fingerprint density at radius 2 is 1.90 bits per heavy atom. The number of aryl methyl sites for hydroxylation is 1. The molecule has 1 aromatic carbocycles. The molecule has 0 N–H and O–H groups in total. The van der Waals surface area contributed by atoms with Crippen LogP contribution in [0.25, 0.3) is 0 Å². The van der Waals surface area contributed by atoms with Gasteiger partial charge in [0, 0.05) is 6.54 Å². The number of amides is 1. The molecule has 1 saturated heterocycles. The Bertz CT molecular complexity index is 651. The number of hydrogen-bond donors (Lipinski definition) is 0. The van der Waals surface area contributed by atoms with Gasteiger partial charge in [0.15, 0.2) is 5.17 Å². The van der Waals surface area contributed by atoms with Crippen LogP contribution in [0.5, 0.6) is 0 Å². The van der Waals surface area contributed by atoms with Crippen molar-refractivity contribution in [2.45, 2.75) is 30.9 Å². The largest absolute Gasteiger partial charge is 0.290 e. The molecule has 1 aliphatic rings. The number of carbonyl (C=O) groups excluding carboxylic acids is 1. The number of hydrogen-bond acceptors (Lipinski definition) is 4. The number of carbonyl (C=O) groups is 1. The number of amidine groups is 1. The average molecular weight is 312 g/mol. The van der Waals surface area contributed by atoms with Crippen molar-refractivity contribution < 1.29 is 13.2 Å². The van der Waals surface area contributed by atoms with Crippen molar-refractivity contribution in [2.75, 3.05) is 6.54 Å². The fourth-order valence-electron chi connectivity index (χ4n) is 1.81. The summed E-state index contributed by atoms with van der Waals surface area (Å²) < 4.78 is 28.3. The zero-order chi connectivity index (χ0) is 14.9. The van der Waals surface area contributed by atoms with Crippen molar-refractivity contribution in [2.24, 2.45) is 4.40 Å². The molecule has 0 radical (unpaired) electrons. The molecule has 20 heavy (non-hydrogen) atoms. The maximum Gasteiger partial charge on any atom is 0.284 e. The molecule has 1 aliphatic heterocycles. The Morgan fingerprint density at radius 3 is 2.45 bits per heavy atom. The Kier molecular flexibility index (Phi) is 4.19. The van der Waals surface area contributed by atoms with E-state index >= 15 is 0 Å². The number of nitrogens with zero attached hydrogens (tertiary/aromatic N) is 2. The summed E-state index contributed by atoms with van der Waals surface area (Å²) in [7, 11) is -3.78. The normalized spacial score (nSPS) is 21.8. The van der Waals surface area contributed by atoms with Gasteiger partial charge in [-0.15, -0.1) is 4.40 Å². The van der Waals surface area contributed by atoms with Crippen LogP contribution in [0.3, 0.4) is 0 Å². The van der Waals surface area contributed by atoms with E-state index in [9.17, 15) is 13.2 Å². The summed E-state index contributed by atoms with van der Waals surface area (Å²) in [6, 6.07) is 6.49. The van der Waals surface area contributed by atoms with Crippen LogP contribution in [0.1, 0.15) is 19.4 Å². The summed E-state index contributed by atoms with van der Waals surface area (Å²) >= 11 is 1.18. The summed E-state index contributed by atoms with van der Waals surface area (Å²) in [6.45, 7) is 5.84. The first kappa shape index (κ1) is 15.1. The molecule has 1 atom stereocenters. The molecule has 0 aliphatic carbocycles. The monoisotopic (exact) mass is 312 g/mol. The molecule has 108 valence electrons. The lowest BCUT2D eigenvalue weighted by atomic mass is 10.2. The second-order valence-electron chi connectivity index (χ2n) is 4.50. The Balaban J connectivity index is 2.38. The molecule has 5 nitrogen and oxygen atoms in total. The maximum atomic E-state index is 12.2. The topological polar surface area (TPSA) is 66.8 Å². The van der Waals surface area contributed by atoms with E-state index in [4.69, 9.17) is 0 Å². The predicted molar refractivity (Wildman–Crippen MR) is 80.2 cm³/mol. The van der Waals surface area contributed by atoms with Gasteiger partial charge in [-0.1, -0.05) is 29.5 Å². The van der Waals surface area contributed by atoms with E-state index in [2.05, 4.69) is 4.40 Å². The lowest BCUT2D eigenvalue weighted by Crippen LogP contribution is -2.31. The molecule has 0 saturated carbocycles. The second kappa shape index (κ2) is 5.57. The number of sulfonamides is 1. The highest BCUT2D eigenvalue weighted by Gasteiger charge is 2.35. The summed E-state index contributed by atoms with van der Waals surface area (Å²) in [5, 5.41) is -0.0347. The Labute approximate surface area is 123 Å². The van der Waals surface area contributed by atoms with E-state index in [1.54, 1.807) is 26.0 Å². The molecule has 2 rings (SSSR count). The molecule has 1 fully saturated rings. The minimum absolute atomic E-state index is 0.102. The smallest absolute Gasteiger partial charge is 0.284 e. The summed E-state index contributed by atoms with van der Waals surface area (Å²) in [5.74, 6) is -0.102. The summed E-state index contributed by atoms with van der Waals surface area (Å²) in [5.41, 5.74) is 0.978. The minimum atomic E-state index is -3.78. The van der Waals surface area contributed by atoms with Gasteiger partial charge in [0.1, 0.15) is 0 Å². The SMILES string of the molecule is CCN1C(=O)C(C)S/C1=N/S(=O)(=O)c1ccc(C)cc1. The Hall–Kier alpha value is -1.34. The molecule has 1 heterocycles. The van der Waals surface area contributed by atoms with Crippen LogP contribution < -0.4 is 0 Å². The number of thioether (sulfide) groups is 1. The van der Waals surface area contributed by atoms with Crippen molar-refractivity contribution in [3.63, 3.8) is 0 Å². The highest BCUT2D eigenvalue weighted by atomic mass is 32.2. The van der Waals surface area contributed by atoms with E-state index < -0.39 is 10.0 Å². The van der Waals surface area contributed by atoms with Gasteiger partial charge in [0.2, 0.25) is 5.91 Å². The van der Waals surface area contributed by atoms with Crippen molar-refractivity contribution in [3.8, 4) is 0 Å². The predicted octanol–water partition coefficient (Wildman–Crippen LogP) is 2.02. The molecule has 1 amide bonds. The van der Waals surface area contributed by atoms with Crippen LogP contribution >= 0.6 is 11.8 Å². The second-order valence-corrected chi connectivity index (χ2v) is 7.42. The molecule has 0 bridgehead atoms. The van der Waals surface area contributed by atoms with Crippen molar-refractivity contribution in [3.05, 3.63) is 29.8 Å². The molecule has 1 unspecified atom stereocenters. The van der Waals surface area contributed by atoms with E-state index in [0.29, 0.717) is 6.54 Å². The summed E-state index contributed by atoms with van der Waals surface area (Å²) in [6.07, 6.45) is 0. The van der Waals surface area contributed by atoms with Gasteiger partial charge in [0.25, 0.3) is 10.0 Å². The highest BCUT2D eigenvalue weighted by Crippen LogP contribution is 2.28. The minimum Gasteiger partial charge on any atom is -0.290 e. The lowest BCUT2D eigenvalue weighted by Gasteiger charge is -2.12. The third-order valence-corrected chi connectivity index (χ3v) is 5.43. The standard InChI is InChI=1S/C13H16N2O3S2/c1-4-15-12(16)10(3)19-13(15)14-20(17,18)11-7-5-9(2)6-8-11/h5-8,10H,4H2,1-3H3/b14-13+. The zero-order valence-corrected chi connectivity index (χ0v) is 13.2.